The van der Waals surface area contributed by atoms with Crippen molar-refractivity contribution in [3.8, 4) is 28.6 Å². The maximum atomic E-state index is 13.5. The molecule has 2 aromatic carbocycles. The number of anilines is 1. The summed E-state index contributed by atoms with van der Waals surface area (Å²) < 4.78 is 45.4. The van der Waals surface area contributed by atoms with Gasteiger partial charge in [-0.05, 0) is 68.3 Å². The van der Waals surface area contributed by atoms with E-state index in [0.29, 0.717) is 5.75 Å². The lowest BCUT2D eigenvalue weighted by Gasteiger charge is -2.16. The van der Waals surface area contributed by atoms with Crippen LogP contribution in [0.25, 0.3) is 11.3 Å². The molecule has 0 radical (unpaired) electrons. The Morgan fingerprint density at radius 1 is 1.00 bits per heavy atom. The summed E-state index contributed by atoms with van der Waals surface area (Å²) in [7, 11) is -4.12. The summed E-state index contributed by atoms with van der Waals surface area (Å²) in [6.45, 7) is 5.61. The first-order chi connectivity index (χ1) is 17.4. The number of Topliss-reactive ketones (excluding diaryl/α,β-unsaturated/α-hetero) is 1. The molecule has 0 saturated heterocycles. The number of aryl methyl sites for hydroxylation is 3. The normalized spacial score (nSPS) is 11.4. The molecule has 37 heavy (non-hydrogen) atoms. The van der Waals surface area contributed by atoms with Crippen LogP contribution < -0.4 is 10.5 Å². The van der Waals surface area contributed by atoms with E-state index < -0.39 is 27.2 Å². The highest BCUT2D eigenvalue weighted by Gasteiger charge is 2.26. The average Bonchev–Trinajstić information content (AvgIpc) is 2.81. The van der Waals surface area contributed by atoms with Gasteiger partial charge in [-0.1, -0.05) is 23.8 Å². The van der Waals surface area contributed by atoms with Crippen molar-refractivity contribution in [3.63, 3.8) is 0 Å². The SMILES string of the molecule is Cc1cc(C)c(Oc2nc(-c3ccc(F)cc3O)ccc2C(=O)CS(=O)(=O)c2cccc(N)n2)c(C)c1. The van der Waals surface area contributed by atoms with Crippen molar-refractivity contribution in [1.29, 1.82) is 0 Å². The zero-order valence-corrected chi connectivity index (χ0v) is 21.1. The van der Waals surface area contributed by atoms with Crippen molar-refractivity contribution in [2.24, 2.45) is 0 Å². The number of halogens is 1. The third-order valence-electron chi connectivity index (χ3n) is 5.58. The second-order valence-electron chi connectivity index (χ2n) is 8.62. The van der Waals surface area contributed by atoms with Crippen LogP contribution in [0.5, 0.6) is 17.4 Å². The quantitative estimate of drug-likeness (QED) is 0.327. The number of aromatic hydroxyl groups is 1. The molecule has 0 aliphatic heterocycles. The Bertz CT molecular complexity index is 1610. The molecule has 10 heteroatoms. The maximum Gasteiger partial charge on any atom is 0.230 e. The smallest absolute Gasteiger partial charge is 0.230 e. The molecule has 4 rings (SSSR count). The zero-order valence-electron chi connectivity index (χ0n) is 20.3. The number of phenols is 1. The number of nitrogens with two attached hydrogens (primary N) is 1. The first-order valence-corrected chi connectivity index (χ1v) is 12.8. The number of benzene rings is 2. The minimum Gasteiger partial charge on any atom is -0.507 e. The molecule has 0 amide bonds. The van der Waals surface area contributed by atoms with Crippen molar-refractivity contribution >= 4 is 21.4 Å². The van der Waals surface area contributed by atoms with Crippen LogP contribution in [0.1, 0.15) is 27.0 Å². The number of rotatable bonds is 7. The molecule has 0 fully saturated rings. The fourth-order valence-corrected chi connectivity index (χ4v) is 5.13. The topological polar surface area (TPSA) is 132 Å². The van der Waals surface area contributed by atoms with Crippen LogP contribution in [-0.4, -0.2) is 35.0 Å². The van der Waals surface area contributed by atoms with Gasteiger partial charge in [0.1, 0.15) is 28.9 Å². The number of phenolic OH excluding ortho intramolecular Hbond substituents is 1. The highest BCUT2D eigenvalue weighted by molar-refractivity contribution is 7.92. The van der Waals surface area contributed by atoms with Crippen molar-refractivity contribution in [2.45, 2.75) is 25.8 Å². The van der Waals surface area contributed by atoms with E-state index in [4.69, 9.17) is 10.5 Å². The Morgan fingerprint density at radius 3 is 2.35 bits per heavy atom. The molecule has 4 aromatic rings. The molecule has 0 atom stereocenters. The van der Waals surface area contributed by atoms with Crippen molar-refractivity contribution in [3.05, 3.63) is 88.7 Å². The highest BCUT2D eigenvalue weighted by atomic mass is 32.2. The molecule has 0 aliphatic carbocycles. The third kappa shape index (κ3) is 5.59. The van der Waals surface area contributed by atoms with E-state index in [1.807, 2.05) is 32.9 Å². The van der Waals surface area contributed by atoms with Gasteiger partial charge < -0.3 is 15.6 Å². The van der Waals surface area contributed by atoms with E-state index in [9.17, 15) is 22.7 Å². The van der Waals surface area contributed by atoms with Gasteiger partial charge in [-0.15, -0.1) is 0 Å². The molecule has 0 bridgehead atoms. The minimum atomic E-state index is -4.12. The van der Waals surface area contributed by atoms with Crippen LogP contribution in [0.3, 0.4) is 0 Å². The molecule has 0 aliphatic rings. The Labute approximate surface area is 213 Å². The molecule has 0 unspecified atom stereocenters. The zero-order chi connectivity index (χ0) is 26.9. The van der Waals surface area contributed by atoms with Crippen LogP contribution >= 0.6 is 0 Å². The molecular formula is C27H24FN3O5S. The summed E-state index contributed by atoms with van der Waals surface area (Å²) in [5.41, 5.74) is 8.50. The van der Waals surface area contributed by atoms with Gasteiger partial charge in [-0.25, -0.2) is 22.8 Å². The Morgan fingerprint density at radius 2 is 1.70 bits per heavy atom. The minimum absolute atomic E-state index is 0.00740. The lowest BCUT2D eigenvalue weighted by atomic mass is 10.1. The lowest BCUT2D eigenvalue weighted by Crippen LogP contribution is -2.19. The number of ketones is 1. The predicted octanol–water partition coefficient (Wildman–Crippen LogP) is 4.94. The number of hydrogen-bond donors (Lipinski definition) is 2. The van der Waals surface area contributed by atoms with Crippen LogP contribution in [0.2, 0.25) is 0 Å². The number of nitrogen functional groups attached to an aromatic ring is 1. The summed E-state index contributed by atoms with van der Waals surface area (Å²) >= 11 is 0. The van der Waals surface area contributed by atoms with E-state index in [-0.39, 0.29) is 39.3 Å². The van der Waals surface area contributed by atoms with Gasteiger partial charge in [0.25, 0.3) is 0 Å². The second kappa shape index (κ2) is 9.98. The van der Waals surface area contributed by atoms with Crippen molar-refractivity contribution in [2.75, 3.05) is 11.5 Å². The van der Waals surface area contributed by atoms with Crippen molar-refractivity contribution < 1.29 is 27.4 Å². The lowest BCUT2D eigenvalue weighted by molar-refractivity contribution is 0.101. The second-order valence-corrected chi connectivity index (χ2v) is 10.6. The van der Waals surface area contributed by atoms with Gasteiger partial charge in [-0.2, -0.15) is 0 Å². The third-order valence-corrected chi connectivity index (χ3v) is 7.09. The highest BCUT2D eigenvalue weighted by Crippen LogP contribution is 2.35. The molecule has 3 N–H and O–H groups in total. The Hall–Kier alpha value is -4.31. The van der Waals surface area contributed by atoms with Crippen LogP contribution in [0.15, 0.2) is 65.7 Å². The summed E-state index contributed by atoms with van der Waals surface area (Å²) in [6.07, 6.45) is 0. The number of pyridine rings is 2. The maximum absolute atomic E-state index is 13.5. The van der Waals surface area contributed by atoms with Gasteiger partial charge in [0.15, 0.2) is 10.8 Å². The predicted molar refractivity (Wildman–Crippen MR) is 137 cm³/mol. The van der Waals surface area contributed by atoms with Crippen molar-refractivity contribution in [1.82, 2.24) is 9.97 Å². The molecule has 2 heterocycles. The standard InChI is InChI=1S/C27H24FN3O5S/c1-15-11-16(2)26(17(3)12-15)36-27-20(9-10-21(30-27)19-8-7-18(28)13-22(19)32)23(33)14-37(34,35)25-6-4-5-24(29)31-25/h4-13,32H,14H2,1-3H3,(H2,29,31). The van der Waals surface area contributed by atoms with E-state index in [2.05, 4.69) is 9.97 Å². The summed E-state index contributed by atoms with van der Waals surface area (Å²) in [4.78, 5) is 21.5. The first-order valence-electron chi connectivity index (χ1n) is 11.2. The Balaban J connectivity index is 1.80. The number of carbonyl (C=O) groups excluding carboxylic acids is 1. The van der Waals surface area contributed by atoms with Gasteiger partial charge in [-0.3, -0.25) is 4.79 Å². The first kappa shape index (κ1) is 25.8. The van der Waals surface area contributed by atoms with Crippen LogP contribution in [0.4, 0.5) is 10.2 Å². The monoisotopic (exact) mass is 521 g/mol. The van der Waals surface area contributed by atoms with Crippen LogP contribution in [0, 0.1) is 26.6 Å². The largest absolute Gasteiger partial charge is 0.507 e. The number of nitrogens with zero attached hydrogens (tertiary/aromatic N) is 2. The van der Waals surface area contributed by atoms with Gasteiger partial charge in [0.2, 0.25) is 15.7 Å². The molecule has 2 aromatic heterocycles. The number of aromatic nitrogens is 2. The molecule has 0 spiro atoms. The van der Waals surface area contributed by atoms with E-state index in [0.717, 1.165) is 28.8 Å². The summed E-state index contributed by atoms with van der Waals surface area (Å²) in [6, 6.07) is 14.2. The van der Waals surface area contributed by atoms with E-state index >= 15 is 0 Å². The molecule has 0 saturated carbocycles. The fraction of sp³-hybridized carbons (Fsp3) is 0.148. The number of ether oxygens (including phenoxy) is 1. The molecule has 190 valence electrons. The van der Waals surface area contributed by atoms with Gasteiger partial charge in [0.05, 0.1) is 11.3 Å². The summed E-state index contributed by atoms with van der Waals surface area (Å²) in [5.74, 6) is -2.34. The summed E-state index contributed by atoms with van der Waals surface area (Å²) in [5, 5.41) is 9.92. The van der Waals surface area contributed by atoms with Crippen LogP contribution in [-0.2, 0) is 9.84 Å². The molecular weight excluding hydrogens is 497 g/mol. The van der Waals surface area contributed by atoms with E-state index in [1.165, 1.54) is 36.4 Å². The van der Waals surface area contributed by atoms with E-state index in [1.54, 1.807) is 0 Å². The fourth-order valence-electron chi connectivity index (χ4n) is 3.95. The average molecular weight is 522 g/mol. The molecule has 8 nitrogen and oxygen atoms in total. The van der Waals surface area contributed by atoms with Gasteiger partial charge >= 0.3 is 0 Å². The Kier molecular flexibility index (Phi) is 6.95. The number of sulfone groups is 1. The number of hydrogen-bond acceptors (Lipinski definition) is 8. The van der Waals surface area contributed by atoms with Gasteiger partial charge in [0, 0.05) is 11.6 Å². The number of carbonyl (C=O) groups is 1.